The van der Waals surface area contributed by atoms with Gasteiger partial charge in [-0.3, -0.25) is 14.6 Å². The summed E-state index contributed by atoms with van der Waals surface area (Å²) in [4.78, 5) is 30.1. The minimum Gasteiger partial charge on any atom is -0.349 e. The van der Waals surface area contributed by atoms with E-state index in [9.17, 15) is 9.59 Å². The molecule has 0 aromatic carbocycles. The third-order valence-electron chi connectivity index (χ3n) is 5.24. The molecule has 2 aliphatic rings. The molecule has 5 heteroatoms. The summed E-state index contributed by atoms with van der Waals surface area (Å²) >= 11 is 0. The monoisotopic (exact) mass is 329 g/mol. The van der Waals surface area contributed by atoms with E-state index in [1.165, 1.54) is 12.8 Å². The van der Waals surface area contributed by atoms with Crippen LogP contribution in [0.5, 0.6) is 0 Å². The summed E-state index contributed by atoms with van der Waals surface area (Å²) in [5, 5.41) is 3.12. The summed E-state index contributed by atoms with van der Waals surface area (Å²) in [6.07, 6.45) is 11.1. The number of carbonyl (C=O) groups excluding carboxylic acids is 2. The first-order valence-electron chi connectivity index (χ1n) is 9.12. The summed E-state index contributed by atoms with van der Waals surface area (Å²) in [5.41, 5.74) is 1.74. The van der Waals surface area contributed by atoms with Gasteiger partial charge in [0, 0.05) is 38.4 Å². The van der Waals surface area contributed by atoms with Gasteiger partial charge in [-0.1, -0.05) is 12.8 Å². The predicted octanol–water partition coefficient (Wildman–Crippen LogP) is 2.56. The van der Waals surface area contributed by atoms with Crippen molar-refractivity contribution in [3.05, 3.63) is 29.6 Å². The number of carbonyl (C=O) groups is 2. The van der Waals surface area contributed by atoms with Crippen molar-refractivity contribution < 1.29 is 9.59 Å². The van der Waals surface area contributed by atoms with Crippen molar-refractivity contribution in [2.75, 3.05) is 13.1 Å². The second-order valence-corrected chi connectivity index (χ2v) is 7.21. The van der Waals surface area contributed by atoms with Crippen LogP contribution in [0.15, 0.2) is 18.5 Å². The molecule has 0 unspecified atom stereocenters. The van der Waals surface area contributed by atoms with Crippen LogP contribution in [-0.2, 0) is 11.2 Å². The molecule has 1 aliphatic carbocycles. The highest BCUT2D eigenvalue weighted by Crippen LogP contribution is 2.22. The van der Waals surface area contributed by atoms with Gasteiger partial charge >= 0.3 is 0 Å². The fourth-order valence-corrected chi connectivity index (χ4v) is 3.91. The first-order chi connectivity index (χ1) is 11.6. The van der Waals surface area contributed by atoms with Gasteiger partial charge in [-0.25, -0.2) is 0 Å². The van der Waals surface area contributed by atoms with Crippen molar-refractivity contribution in [3.8, 4) is 0 Å². The molecule has 0 radical (unpaired) electrons. The third kappa shape index (κ3) is 4.34. The summed E-state index contributed by atoms with van der Waals surface area (Å²) in [6, 6.07) is 2.29. The molecule has 2 heterocycles. The Kier molecular flexibility index (Phi) is 5.48. The number of rotatable bonds is 4. The van der Waals surface area contributed by atoms with E-state index in [0.717, 1.165) is 50.8 Å². The van der Waals surface area contributed by atoms with Crippen LogP contribution in [0.1, 0.15) is 61.4 Å². The fraction of sp³-hybridized carbons (Fsp3) is 0.632. The Balaban J connectivity index is 1.60. The van der Waals surface area contributed by atoms with Crippen molar-refractivity contribution in [2.24, 2.45) is 5.92 Å². The van der Waals surface area contributed by atoms with Gasteiger partial charge in [0.15, 0.2) is 0 Å². The molecule has 1 saturated heterocycles. The lowest BCUT2D eigenvalue weighted by molar-refractivity contribution is -0.130. The highest BCUT2D eigenvalue weighted by molar-refractivity contribution is 5.94. The van der Waals surface area contributed by atoms with E-state index >= 15 is 0 Å². The lowest BCUT2D eigenvalue weighted by Crippen LogP contribution is -2.39. The highest BCUT2D eigenvalue weighted by Gasteiger charge is 2.22. The average molecular weight is 329 g/mol. The molecule has 1 N–H and O–H groups in total. The average Bonchev–Trinajstić information content (AvgIpc) is 3.08. The smallest absolute Gasteiger partial charge is 0.253 e. The molecule has 130 valence electrons. The SMILES string of the molecule is CC(=O)N1CCC[C@H](Cc2cncc(C(=O)NC3CCCC3)c2)C1. The molecule has 1 aromatic rings. The Labute approximate surface area is 143 Å². The molecular formula is C19H27N3O2. The van der Waals surface area contributed by atoms with Crippen molar-refractivity contribution >= 4 is 11.8 Å². The van der Waals surface area contributed by atoms with Gasteiger partial charge in [-0.15, -0.1) is 0 Å². The first kappa shape index (κ1) is 16.9. The molecule has 3 rings (SSSR count). The topological polar surface area (TPSA) is 62.3 Å². The van der Waals surface area contributed by atoms with Crippen LogP contribution >= 0.6 is 0 Å². The van der Waals surface area contributed by atoms with Gasteiger partial charge in [0.25, 0.3) is 5.91 Å². The minimum atomic E-state index is -0.00902. The number of likely N-dealkylation sites (tertiary alicyclic amines) is 1. The zero-order valence-corrected chi connectivity index (χ0v) is 14.5. The van der Waals surface area contributed by atoms with Gasteiger partial charge in [-0.05, 0) is 49.7 Å². The Morgan fingerprint density at radius 2 is 2.00 bits per heavy atom. The number of amides is 2. The number of aromatic nitrogens is 1. The highest BCUT2D eigenvalue weighted by atomic mass is 16.2. The Morgan fingerprint density at radius 1 is 1.21 bits per heavy atom. The van der Waals surface area contributed by atoms with E-state index < -0.39 is 0 Å². The van der Waals surface area contributed by atoms with Gasteiger partial charge in [0.2, 0.25) is 5.91 Å². The molecule has 1 saturated carbocycles. The van der Waals surface area contributed by atoms with Crippen LogP contribution in [0.4, 0.5) is 0 Å². The van der Waals surface area contributed by atoms with Gasteiger partial charge in [-0.2, -0.15) is 0 Å². The van der Waals surface area contributed by atoms with Crippen molar-refractivity contribution in [1.29, 1.82) is 0 Å². The minimum absolute atomic E-state index is 0.00902. The van der Waals surface area contributed by atoms with Crippen LogP contribution in [0.2, 0.25) is 0 Å². The van der Waals surface area contributed by atoms with E-state index in [-0.39, 0.29) is 11.8 Å². The summed E-state index contributed by atoms with van der Waals surface area (Å²) in [5.74, 6) is 0.602. The zero-order valence-electron chi connectivity index (χ0n) is 14.5. The summed E-state index contributed by atoms with van der Waals surface area (Å²) in [6.45, 7) is 3.32. The van der Waals surface area contributed by atoms with E-state index in [1.807, 2.05) is 17.2 Å². The van der Waals surface area contributed by atoms with Crippen molar-refractivity contribution in [1.82, 2.24) is 15.2 Å². The normalized spacial score (nSPS) is 21.7. The summed E-state index contributed by atoms with van der Waals surface area (Å²) in [7, 11) is 0. The summed E-state index contributed by atoms with van der Waals surface area (Å²) < 4.78 is 0. The number of nitrogens with one attached hydrogen (secondary N) is 1. The lowest BCUT2D eigenvalue weighted by atomic mass is 9.91. The largest absolute Gasteiger partial charge is 0.349 e. The third-order valence-corrected chi connectivity index (χ3v) is 5.24. The lowest BCUT2D eigenvalue weighted by Gasteiger charge is -2.32. The second kappa shape index (κ2) is 7.77. The molecule has 0 bridgehead atoms. The fourth-order valence-electron chi connectivity index (χ4n) is 3.91. The van der Waals surface area contributed by atoms with Gasteiger partial charge in [0.05, 0.1) is 5.56 Å². The number of nitrogens with zero attached hydrogens (tertiary/aromatic N) is 2. The van der Waals surface area contributed by atoms with E-state index in [4.69, 9.17) is 0 Å². The number of hydrogen-bond acceptors (Lipinski definition) is 3. The van der Waals surface area contributed by atoms with Crippen molar-refractivity contribution in [3.63, 3.8) is 0 Å². The molecule has 1 atom stereocenters. The van der Waals surface area contributed by atoms with Crippen molar-refractivity contribution in [2.45, 2.75) is 57.9 Å². The van der Waals surface area contributed by atoms with Crippen LogP contribution in [0.3, 0.4) is 0 Å². The Morgan fingerprint density at radius 3 is 2.75 bits per heavy atom. The number of pyridine rings is 1. The molecule has 2 amide bonds. The zero-order chi connectivity index (χ0) is 16.9. The van der Waals surface area contributed by atoms with Crippen LogP contribution < -0.4 is 5.32 Å². The van der Waals surface area contributed by atoms with Crippen LogP contribution in [-0.4, -0.2) is 40.8 Å². The maximum atomic E-state index is 12.4. The number of piperidine rings is 1. The maximum absolute atomic E-state index is 12.4. The quantitative estimate of drug-likeness (QED) is 0.923. The van der Waals surface area contributed by atoms with E-state index in [1.54, 1.807) is 13.1 Å². The van der Waals surface area contributed by atoms with E-state index in [2.05, 4.69) is 10.3 Å². The van der Waals surface area contributed by atoms with Gasteiger partial charge < -0.3 is 10.2 Å². The number of hydrogen-bond donors (Lipinski definition) is 1. The molecule has 1 aliphatic heterocycles. The van der Waals surface area contributed by atoms with Crippen LogP contribution in [0.25, 0.3) is 0 Å². The Hall–Kier alpha value is -1.91. The predicted molar refractivity (Wildman–Crippen MR) is 92.6 cm³/mol. The van der Waals surface area contributed by atoms with Crippen LogP contribution in [0, 0.1) is 5.92 Å². The Bertz CT molecular complexity index is 596. The molecule has 2 fully saturated rings. The molecule has 5 nitrogen and oxygen atoms in total. The molecular weight excluding hydrogens is 302 g/mol. The molecule has 24 heavy (non-hydrogen) atoms. The van der Waals surface area contributed by atoms with Gasteiger partial charge in [0.1, 0.15) is 0 Å². The van der Waals surface area contributed by atoms with E-state index in [0.29, 0.717) is 17.5 Å². The first-order valence-corrected chi connectivity index (χ1v) is 9.12. The molecule has 0 spiro atoms. The maximum Gasteiger partial charge on any atom is 0.253 e. The standard InChI is InChI=1S/C19H27N3O2/c1-14(23)22-8-4-5-15(13-22)9-16-10-17(12-20-11-16)19(24)21-18-6-2-3-7-18/h10-12,15,18H,2-9,13H2,1H3,(H,21,24)/t15-/m1/s1. The second-order valence-electron chi connectivity index (χ2n) is 7.21. The molecule has 1 aromatic heterocycles.